The van der Waals surface area contributed by atoms with Crippen LogP contribution < -0.4 is 0 Å². The number of nitrogens with zero attached hydrogens (tertiary/aromatic N) is 1. The van der Waals surface area contributed by atoms with Crippen LogP contribution in [0.4, 0.5) is 0 Å². The summed E-state index contributed by atoms with van der Waals surface area (Å²) in [4.78, 5) is 14.0. The van der Waals surface area contributed by atoms with Crippen molar-refractivity contribution in [2.75, 3.05) is 6.54 Å². The third-order valence-electron chi connectivity index (χ3n) is 3.27. The summed E-state index contributed by atoms with van der Waals surface area (Å²) in [5, 5.41) is 9.59. The molecule has 1 unspecified atom stereocenters. The molecule has 2 rings (SSSR count). The molecule has 0 saturated carbocycles. The number of aryl methyl sites for hydroxylation is 1. The molecule has 1 aliphatic heterocycles. The van der Waals surface area contributed by atoms with Crippen LogP contribution in [-0.2, 0) is 0 Å². The number of aromatic hydroxyl groups is 1. The van der Waals surface area contributed by atoms with Gasteiger partial charge < -0.3 is 10.0 Å². The fourth-order valence-corrected chi connectivity index (χ4v) is 2.14. The lowest BCUT2D eigenvalue weighted by molar-refractivity contribution is 0.0747. The van der Waals surface area contributed by atoms with E-state index >= 15 is 0 Å². The fraction of sp³-hybridized carbons (Fsp3) is 0.462. The highest BCUT2D eigenvalue weighted by atomic mass is 16.3. The fourth-order valence-electron chi connectivity index (χ4n) is 2.14. The molecule has 1 aliphatic rings. The topological polar surface area (TPSA) is 40.5 Å². The summed E-state index contributed by atoms with van der Waals surface area (Å²) in [5.74, 6) is 0.220. The summed E-state index contributed by atoms with van der Waals surface area (Å²) in [7, 11) is 0. The third-order valence-corrected chi connectivity index (χ3v) is 3.27. The van der Waals surface area contributed by atoms with Crippen molar-refractivity contribution < 1.29 is 9.90 Å². The average molecular weight is 219 g/mol. The Bertz CT molecular complexity index is 414. The zero-order valence-corrected chi connectivity index (χ0v) is 9.73. The molecular formula is C13H17NO2. The molecule has 1 N–H and O–H groups in total. The molecule has 0 radical (unpaired) electrons. The van der Waals surface area contributed by atoms with E-state index in [0.29, 0.717) is 11.6 Å². The van der Waals surface area contributed by atoms with Gasteiger partial charge in [0.1, 0.15) is 5.75 Å². The maximum absolute atomic E-state index is 12.1. The van der Waals surface area contributed by atoms with Crippen LogP contribution in [0, 0.1) is 6.92 Å². The molecule has 0 aliphatic carbocycles. The first-order valence-electron chi connectivity index (χ1n) is 5.70. The molecule has 3 nitrogen and oxygen atoms in total. The highest BCUT2D eigenvalue weighted by molar-refractivity contribution is 5.95. The number of phenolic OH excluding ortho intramolecular Hbond substituents is 1. The van der Waals surface area contributed by atoms with Crippen LogP contribution in [-0.4, -0.2) is 28.5 Å². The lowest BCUT2D eigenvalue weighted by Gasteiger charge is -2.21. The van der Waals surface area contributed by atoms with Gasteiger partial charge in [0.15, 0.2) is 0 Å². The Morgan fingerprint density at radius 1 is 1.50 bits per heavy atom. The molecule has 1 amide bonds. The van der Waals surface area contributed by atoms with E-state index in [-0.39, 0.29) is 11.7 Å². The van der Waals surface area contributed by atoms with Crippen molar-refractivity contribution in [3.63, 3.8) is 0 Å². The average Bonchev–Trinajstić information content (AvgIpc) is 2.67. The molecule has 16 heavy (non-hydrogen) atoms. The minimum absolute atomic E-state index is 0.0281. The molecule has 1 atom stereocenters. The van der Waals surface area contributed by atoms with E-state index < -0.39 is 0 Å². The second kappa shape index (κ2) is 4.16. The Labute approximate surface area is 95.7 Å². The third kappa shape index (κ3) is 1.90. The first kappa shape index (κ1) is 11.0. The quantitative estimate of drug-likeness (QED) is 0.787. The second-order valence-electron chi connectivity index (χ2n) is 4.49. The summed E-state index contributed by atoms with van der Waals surface area (Å²) < 4.78 is 0. The number of rotatable bonds is 1. The summed E-state index contributed by atoms with van der Waals surface area (Å²) >= 11 is 0. The molecule has 0 bridgehead atoms. The SMILES string of the molecule is Cc1ccc(C(=O)N2CCCC2C)cc1O. The van der Waals surface area contributed by atoms with Gasteiger partial charge in [-0.1, -0.05) is 6.07 Å². The van der Waals surface area contributed by atoms with Crippen LogP contribution in [0.3, 0.4) is 0 Å². The van der Waals surface area contributed by atoms with Crippen LogP contribution in [0.15, 0.2) is 18.2 Å². The Kier molecular flexibility index (Phi) is 2.86. The van der Waals surface area contributed by atoms with Crippen molar-refractivity contribution >= 4 is 5.91 Å². The van der Waals surface area contributed by atoms with Crippen LogP contribution >= 0.6 is 0 Å². The zero-order valence-electron chi connectivity index (χ0n) is 9.73. The smallest absolute Gasteiger partial charge is 0.254 e. The van der Waals surface area contributed by atoms with Gasteiger partial charge >= 0.3 is 0 Å². The maximum atomic E-state index is 12.1. The molecule has 1 heterocycles. The standard InChI is InChI=1S/C13H17NO2/c1-9-5-6-11(8-12(9)15)13(16)14-7-3-4-10(14)2/h5-6,8,10,15H,3-4,7H2,1-2H3. The van der Waals surface area contributed by atoms with Gasteiger partial charge in [-0.05, 0) is 44.4 Å². The molecular weight excluding hydrogens is 202 g/mol. The lowest BCUT2D eigenvalue weighted by Crippen LogP contribution is -2.33. The van der Waals surface area contributed by atoms with E-state index in [1.54, 1.807) is 18.2 Å². The summed E-state index contributed by atoms with van der Waals surface area (Å²) in [5.41, 5.74) is 1.38. The van der Waals surface area contributed by atoms with Crippen LogP contribution in [0.2, 0.25) is 0 Å². The number of amides is 1. The molecule has 1 saturated heterocycles. The molecule has 86 valence electrons. The van der Waals surface area contributed by atoms with Gasteiger partial charge in [0, 0.05) is 18.2 Å². The highest BCUT2D eigenvalue weighted by Crippen LogP contribution is 2.22. The summed E-state index contributed by atoms with van der Waals surface area (Å²) in [6, 6.07) is 5.44. The number of carbonyl (C=O) groups is 1. The minimum atomic E-state index is 0.0281. The highest BCUT2D eigenvalue weighted by Gasteiger charge is 2.26. The first-order valence-corrected chi connectivity index (χ1v) is 5.70. The van der Waals surface area contributed by atoms with Gasteiger partial charge in [-0.2, -0.15) is 0 Å². The zero-order chi connectivity index (χ0) is 11.7. The van der Waals surface area contributed by atoms with Gasteiger partial charge in [-0.25, -0.2) is 0 Å². The Morgan fingerprint density at radius 3 is 2.81 bits per heavy atom. The van der Waals surface area contributed by atoms with Gasteiger partial charge in [0.05, 0.1) is 0 Å². The molecule has 3 heteroatoms. The Morgan fingerprint density at radius 2 is 2.25 bits per heavy atom. The van der Waals surface area contributed by atoms with Gasteiger partial charge in [0.25, 0.3) is 5.91 Å². The largest absolute Gasteiger partial charge is 0.508 e. The molecule has 0 spiro atoms. The van der Waals surface area contributed by atoms with E-state index in [1.165, 1.54) is 0 Å². The Hall–Kier alpha value is -1.51. The van der Waals surface area contributed by atoms with Crippen molar-refractivity contribution in [1.29, 1.82) is 0 Å². The van der Waals surface area contributed by atoms with Crippen molar-refractivity contribution in [3.05, 3.63) is 29.3 Å². The molecule has 0 aromatic heterocycles. The van der Waals surface area contributed by atoms with Crippen LogP contribution in [0.25, 0.3) is 0 Å². The number of benzene rings is 1. The van der Waals surface area contributed by atoms with E-state index in [1.807, 2.05) is 11.8 Å². The minimum Gasteiger partial charge on any atom is -0.508 e. The van der Waals surface area contributed by atoms with E-state index in [9.17, 15) is 9.90 Å². The van der Waals surface area contributed by atoms with Crippen molar-refractivity contribution in [2.24, 2.45) is 0 Å². The number of phenols is 1. The van der Waals surface area contributed by atoms with E-state index in [4.69, 9.17) is 0 Å². The summed E-state index contributed by atoms with van der Waals surface area (Å²) in [6.07, 6.45) is 2.15. The molecule has 1 aromatic carbocycles. The molecule has 1 fully saturated rings. The van der Waals surface area contributed by atoms with Gasteiger partial charge in [0.2, 0.25) is 0 Å². The number of hydrogen-bond donors (Lipinski definition) is 1. The number of likely N-dealkylation sites (tertiary alicyclic amines) is 1. The van der Waals surface area contributed by atoms with Gasteiger partial charge in [-0.3, -0.25) is 4.79 Å². The van der Waals surface area contributed by atoms with Gasteiger partial charge in [-0.15, -0.1) is 0 Å². The maximum Gasteiger partial charge on any atom is 0.254 e. The van der Waals surface area contributed by atoms with E-state index in [2.05, 4.69) is 6.92 Å². The lowest BCUT2D eigenvalue weighted by atomic mass is 10.1. The predicted molar refractivity (Wildman–Crippen MR) is 62.6 cm³/mol. The first-order chi connectivity index (χ1) is 7.59. The second-order valence-corrected chi connectivity index (χ2v) is 4.49. The van der Waals surface area contributed by atoms with E-state index in [0.717, 1.165) is 24.9 Å². The monoisotopic (exact) mass is 219 g/mol. The molecule has 1 aromatic rings. The number of hydrogen-bond acceptors (Lipinski definition) is 2. The normalized spacial score (nSPS) is 20.1. The number of carbonyl (C=O) groups excluding carboxylic acids is 1. The van der Waals surface area contributed by atoms with Crippen LogP contribution in [0.5, 0.6) is 5.75 Å². The van der Waals surface area contributed by atoms with Crippen molar-refractivity contribution in [3.8, 4) is 5.75 Å². The van der Waals surface area contributed by atoms with Crippen LogP contribution in [0.1, 0.15) is 35.7 Å². The predicted octanol–water partition coefficient (Wildman–Crippen LogP) is 2.33. The summed E-state index contributed by atoms with van der Waals surface area (Å²) in [6.45, 7) is 4.72. The van der Waals surface area contributed by atoms with Crippen molar-refractivity contribution in [1.82, 2.24) is 4.90 Å². The van der Waals surface area contributed by atoms with Crippen molar-refractivity contribution in [2.45, 2.75) is 32.7 Å². The Balaban J connectivity index is 2.23.